The molecule has 0 aliphatic rings. The van der Waals surface area contributed by atoms with Crippen LogP contribution in [0.5, 0.6) is 0 Å². The standard InChI is InChI=1S/C15H12F2/c16-14-10-8-12(9-11-14)4-3-6-13-5-1-2-7-15(13)17/h1-5,7-11H,6H2. The molecule has 86 valence electrons. The van der Waals surface area contributed by atoms with Gasteiger partial charge in [-0.3, -0.25) is 0 Å². The average Bonchev–Trinajstić information content (AvgIpc) is 2.34. The first kappa shape index (κ1) is 11.5. The molecule has 0 saturated heterocycles. The number of benzene rings is 2. The van der Waals surface area contributed by atoms with E-state index < -0.39 is 0 Å². The van der Waals surface area contributed by atoms with Crippen LogP contribution in [0.1, 0.15) is 11.1 Å². The van der Waals surface area contributed by atoms with Crippen molar-refractivity contribution in [2.75, 3.05) is 0 Å². The van der Waals surface area contributed by atoms with E-state index in [1.807, 2.05) is 18.2 Å². The molecule has 0 fully saturated rings. The number of allylic oxidation sites excluding steroid dienone is 1. The summed E-state index contributed by atoms with van der Waals surface area (Å²) in [7, 11) is 0. The molecule has 0 nitrogen and oxygen atoms in total. The Morgan fingerprint density at radius 3 is 2.29 bits per heavy atom. The number of hydrogen-bond donors (Lipinski definition) is 0. The Balaban J connectivity index is 2.03. The van der Waals surface area contributed by atoms with Gasteiger partial charge in [-0.25, -0.2) is 8.78 Å². The third-order valence-corrected chi connectivity index (χ3v) is 2.48. The molecule has 17 heavy (non-hydrogen) atoms. The molecule has 0 heterocycles. The Labute approximate surface area is 99.2 Å². The molecule has 0 spiro atoms. The van der Waals surface area contributed by atoms with Crippen molar-refractivity contribution in [2.45, 2.75) is 6.42 Å². The van der Waals surface area contributed by atoms with Crippen LogP contribution in [0.3, 0.4) is 0 Å². The quantitative estimate of drug-likeness (QED) is 0.740. The minimum atomic E-state index is -0.253. The van der Waals surface area contributed by atoms with E-state index in [0.717, 1.165) is 5.56 Å². The molecule has 0 bridgehead atoms. The van der Waals surface area contributed by atoms with Crippen molar-refractivity contribution in [3.8, 4) is 0 Å². The van der Waals surface area contributed by atoms with Gasteiger partial charge < -0.3 is 0 Å². The monoisotopic (exact) mass is 230 g/mol. The van der Waals surface area contributed by atoms with E-state index in [2.05, 4.69) is 0 Å². The summed E-state index contributed by atoms with van der Waals surface area (Å²) in [5.74, 6) is -0.451. The van der Waals surface area contributed by atoms with Crippen molar-refractivity contribution >= 4 is 6.08 Å². The van der Waals surface area contributed by atoms with Crippen molar-refractivity contribution in [1.82, 2.24) is 0 Å². The summed E-state index contributed by atoms with van der Waals surface area (Å²) in [6.07, 6.45) is 4.25. The Morgan fingerprint density at radius 1 is 0.882 bits per heavy atom. The van der Waals surface area contributed by atoms with Crippen LogP contribution in [0, 0.1) is 11.6 Å². The smallest absolute Gasteiger partial charge is 0.126 e. The molecule has 0 aromatic heterocycles. The molecule has 2 aromatic carbocycles. The molecule has 0 saturated carbocycles. The van der Waals surface area contributed by atoms with Gasteiger partial charge in [-0.2, -0.15) is 0 Å². The summed E-state index contributed by atoms with van der Waals surface area (Å²) in [4.78, 5) is 0. The van der Waals surface area contributed by atoms with Gasteiger partial charge in [-0.05, 0) is 35.7 Å². The first-order valence-electron chi connectivity index (χ1n) is 5.41. The summed E-state index contributed by atoms with van der Waals surface area (Å²) >= 11 is 0. The highest BCUT2D eigenvalue weighted by atomic mass is 19.1. The first-order chi connectivity index (χ1) is 8.25. The van der Waals surface area contributed by atoms with E-state index in [1.54, 1.807) is 24.3 Å². The minimum absolute atomic E-state index is 0.198. The zero-order valence-corrected chi connectivity index (χ0v) is 9.24. The second kappa shape index (κ2) is 5.39. The third-order valence-electron chi connectivity index (χ3n) is 2.48. The lowest BCUT2D eigenvalue weighted by atomic mass is 10.1. The molecular formula is C15H12F2. The van der Waals surface area contributed by atoms with Gasteiger partial charge in [0.25, 0.3) is 0 Å². The van der Waals surface area contributed by atoms with E-state index in [4.69, 9.17) is 0 Å². The average molecular weight is 230 g/mol. The van der Waals surface area contributed by atoms with Crippen LogP contribution in [-0.4, -0.2) is 0 Å². The first-order valence-corrected chi connectivity index (χ1v) is 5.41. The van der Waals surface area contributed by atoms with Crippen molar-refractivity contribution in [3.63, 3.8) is 0 Å². The lowest BCUT2D eigenvalue weighted by Gasteiger charge is -1.98. The molecular weight excluding hydrogens is 218 g/mol. The topological polar surface area (TPSA) is 0 Å². The second-order valence-electron chi connectivity index (χ2n) is 3.75. The Bertz CT molecular complexity index is 513. The third kappa shape index (κ3) is 3.25. The molecule has 2 rings (SSSR count). The maximum absolute atomic E-state index is 13.3. The summed E-state index contributed by atoms with van der Waals surface area (Å²) in [6.45, 7) is 0. The zero-order valence-electron chi connectivity index (χ0n) is 9.24. The molecule has 2 aromatic rings. The molecule has 0 amide bonds. The maximum Gasteiger partial charge on any atom is 0.126 e. The molecule has 2 heteroatoms. The number of hydrogen-bond acceptors (Lipinski definition) is 0. The fourth-order valence-corrected chi connectivity index (χ4v) is 1.56. The lowest BCUT2D eigenvalue weighted by Crippen LogP contribution is -1.86. The zero-order chi connectivity index (χ0) is 12.1. The molecule has 0 aliphatic carbocycles. The van der Waals surface area contributed by atoms with E-state index in [9.17, 15) is 8.78 Å². The Morgan fingerprint density at radius 2 is 1.59 bits per heavy atom. The van der Waals surface area contributed by atoms with Crippen LogP contribution in [0.4, 0.5) is 8.78 Å². The summed E-state index contributed by atoms with van der Waals surface area (Å²) in [5, 5.41) is 0. The SMILES string of the molecule is Fc1ccc(C=CCc2ccccc2F)cc1. The van der Waals surface area contributed by atoms with Crippen molar-refractivity contribution in [2.24, 2.45) is 0 Å². The molecule has 0 radical (unpaired) electrons. The molecule has 0 aliphatic heterocycles. The van der Waals surface area contributed by atoms with Crippen LogP contribution in [0.15, 0.2) is 54.6 Å². The van der Waals surface area contributed by atoms with Crippen molar-refractivity contribution in [1.29, 1.82) is 0 Å². The summed E-state index contributed by atoms with van der Waals surface area (Å²) in [6, 6.07) is 12.9. The van der Waals surface area contributed by atoms with Crippen LogP contribution in [0.25, 0.3) is 6.08 Å². The Kier molecular flexibility index (Phi) is 3.66. The fourth-order valence-electron chi connectivity index (χ4n) is 1.56. The van der Waals surface area contributed by atoms with Gasteiger partial charge in [-0.1, -0.05) is 42.5 Å². The van der Waals surface area contributed by atoms with Crippen LogP contribution < -0.4 is 0 Å². The van der Waals surface area contributed by atoms with Gasteiger partial charge >= 0.3 is 0 Å². The van der Waals surface area contributed by atoms with Crippen LogP contribution in [0.2, 0.25) is 0 Å². The van der Waals surface area contributed by atoms with Crippen molar-refractivity contribution in [3.05, 3.63) is 77.4 Å². The van der Waals surface area contributed by atoms with Gasteiger partial charge in [0, 0.05) is 0 Å². The highest BCUT2D eigenvalue weighted by Crippen LogP contribution is 2.09. The van der Waals surface area contributed by atoms with Gasteiger partial charge in [0.1, 0.15) is 11.6 Å². The van der Waals surface area contributed by atoms with Crippen molar-refractivity contribution < 1.29 is 8.78 Å². The number of halogens is 2. The minimum Gasteiger partial charge on any atom is -0.207 e. The van der Waals surface area contributed by atoms with E-state index in [0.29, 0.717) is 12.0 Å². The normalized spacial score (nSPS) is 10.9. The fraction of sp³-hybridized carbons (Fsp3) is 0.0667. The Hall–Kier alpha value is -1.96. The molecule has 0 unspecified atom stereocenters. The maximum atomic E-state index is 13.3. The van der Waals surface area contributed by atoms with Gasteiger partial charge in [0.05, 0.1) is 0 Å². The summed E-state index contributed by atoms with van der Waals surface area (Å²) < 4.78 is 25.9. The highest BCUT2D eigenvalue weighted by Gasteiger charge is 1.96. The lowest BCUT2D eigenvalue weighted by molar-refractivity contribution is 0.615. The number of rotatable bonds is 3. The van der Waals surface area contributed by atoms with Crippen LogP contribution >= 0.6 is 0 Å². The van der Waals surface area contributed by atoms with E-state index in [1.165, 1.54) is 18.2 Å². The predicted octanol–water partition coefficient (Wildman–Crippen LogP) is 4.22. The highest BCUT2D eigenvalue weighted by molar-refractivity contribution is 5.49. The summed E-state index contributed by atoms with van der Waals surface area (Å²) in [5.41, 5.74) is 1.56. The van der Waals surface area contributed by atoms with E-state index in [-0.39, 0.29) is 11.6 Å². The van der Waals surface area contributed by atoms with E-state index >= 15 is 0 Å². The largest absolute Gasteiger partial charge is 0.207 e. The predicted molar refractivity (Wildman–Crippen MR) is 65.5 cm³/mol. The molecule has 0 N–H and O–H groups in total. The van der Waals surface area contributed by atoms with Gasteiger partial charge in [-0.15, -0.1) is 0 Å². The second-order valence-corrected chi connectivity index (χ2v) is 3.75. The van der Waals surface area contributed by atoms with Gasteiger partial charge in [0.15, 0.2) is 0 Å². The van der Waals surface area contributed by atoms with Gasteiger partial charge in [0.2, 0.25) is 0 Å². The van der Waals surface area contributed by atoms with Crippen LogP contribution in [-0.2, 0) is 6.42 Å². The molecule has 0 atom stereocenters.